The summed E-state index contributed by atoms with van der Waals surface area (Å²) in [4.78, 5) is 14.2. The largest absolute Gasteiger partial charge is 0.490 e. The van der Waals surface area contributed by atoms with Crippen LogP contribution in [0.25, 0.3) is 6.08 Å². The van der Waals surface area contributed by atoms with E-state index in [2.05, 4.69) is 32.0 Å². The normalized spacial score (nSPS) is 15.5. The highest BCUT2D eigenvalue weighted by atomic mass is 16.5. The maximum atomic E-state index is 12.3. The van der Waals surface area contributed by atoms with E-state index in [1.807, 2.05) is 41.3 Å². The van der Waals surface area contributed by atoms with Gasteiger partial charge >= 0.3 is 0 Å². The predicted molar refractivity (Wildman–Crippen MR) is 102 cm³/mol. The van der Waals surface area contributed by atoms with Crippen LogP contribution < -0.4 is 4.74 Å². The molecule has 1 saturated heterocycles. The second-order valence-corrected chi connectivity index (χ2v) is 6.66. The van der Waals surface area contributed by atoms with E-state index in [0.717, 1.165) is 42.8 Å². The monoisotopic (exact) mass is 335 g/mol. The summed E-state index contributed by atoms with van der Waals surface area (Å²) in [5.41, 5.74) is 3.41. The summed E-state index contributed by atoms with van der Waals surface area (Å²) in [6.45, 7) is 5.63. The van der Waals surface area contributed by atoms with Gasteiger partial charge in [0.05, 0.1) is 0 Å². The molecule has 3 nitrogen and oxygen atoms in total. The number of piperidine rings is 1. The first-order valence-corrected chi connectivity index (χ1v) is 8.88. The topological polar surface area (TPSA) is 29.5 Å². The highest BCUT2D eigenvalue weighted by Crippen LogP contribution is 2.24. The SMILES string of the molecule is Cc1ccc(C)c(OC2CCN(C(=O)/C=C/c3ccccc3)CC2)c1. The van der Waals surface area contributed by atoms with Crippen molar-refractivity contribution in [2.24, 2.45) is 0 Å². The van der Waals surface area contributed by atoms with Crippen molar-refractivity contribution in [3.8, 4) is 5.75 Å². The molecule has 0 aromatic heterocycles. The molecule has 1 heterocycles. The van der Waals surface area contributed by atoms with Crippen LogP contribution in [0, 0.1) is 13.8 Å². The first kappa shape index (κ1) is 17.3. The average Bonchev–Trinajstić information content (AvgIpc) is 2.64. The molecule has 2 aromatic rings. The van der Waals surface area contributed by atoms with Gasteiger partial charge in [0.25, 0.3) is 0 Å². The second-order valence-electron chi connectivity index (χ2n) is 6.66. The lowest BCUT2D eigenvalue weighted by molar-refractivity contribution is -0.127. The Morgan fingerprint density at radius 2 is 1.80 bits per heavy atom. The molecule has 1 aliphatic heterocycles. The molecule has 1 amide bonds. The summed E-state index contributed by atoms with van der Waals surface area (Å²) >= 11 is 0. The third-order valence-electron chi connectivity index (χ3n) is 4.61. The third-order valence-corrected chi connectivity index (χ3v) is 4.61. The Bertz CT molecular complexity index is 744. The molecule has 2 aromatic carbocycles. The van der Waals surface area contributed by atoms with E-state index in [1.165, 1.54) is 5.56 Å². The van der Waals surface area contributed by atoms with Gasteiger partial charge in [0.1, 0.15) is 11.9 Å². The van der Waals surface area contributed by atoms with Gasteiger partial charge in [0.15, 0.2) is 0 Å². The number of rotatable bonds is 4. The van der Waals surface area contributed by atoms with Crippen LogP contribution in [0.4, 0.5) is 0 Å². The summed E-state index contributed by atoms with van der Waals surface area (Å²) in [6, 6.07) is 16.2. The minimum absolute atomic E-state index is 0.0778. The smallest absolute Gasteiger partial charge is 0.246 e. The Morgan fingerprint density at radius 3 is 2.52 bits per heavy atom. The van der Waals surface area contributed by atoms with Crippen LogP contribution in [0.15, 0.2) is 54.6 Å². The predicted octanol–water partition coefficient (Wildman–Crippen LogP) is 4.39. The van der Waals surface area contributed by atoms with Crippen molar-refractivity contribution in [3.05, 3.63) is 71.3 Å². The fourth-order valence-corrected chi connectivity index (χ4v) is 3.04. The van der Waals surface area contributed by atoms with Crippen molar-refractivity contribution in [1.29, 1.82) is 0 Å². The minimum Gasteiger partial charge on any atom is -0.490 e. The first-order chi connectivity index (χ1) is 12.1. The molecular weight excluding hydrogens is 310 g/mol. The van der Waals surface area contributed by atoms with Gasteiger partial charge in [-0.2, -0.15) is 0 Å². The van der Waals surface area contributed by atoms with Gasteiger partial charge < -0.3 is 9.64 Å². The van der Waals surface area contributed by atoms with Gasteiger partial charge in [-0.25, -0.2) is 0 Å². The number of amides is 1. The quantitative estimate of drug-likeness (QED) is 0.776. The first-order valence-electron chi connectivity index (χ1n) is 8.88. The lowest BCUT2D eigenvalue weighted by atomic mass is 10.1. The zero-order chi connectivity index (χ0) is 17.6. The molecule has 130 valence electrons. The number of ether oxygens (including phenoxy) is 1. The number of hydrogen-bond acceptors (Lipinski definition) is 2. The molecule has 0 saturated carbocycles. The molecule has 0 radical (unpaired) electrons. The molecule has 1 aliphatic rings. The zero-order valence-corrected chi connectivity index (χ0v) is 14.9. The molecule has 0 aliphatic carbocycles. The number of carbonyl (C=O) groups is 1. The van der Waals surface area contributed by atoms with Crippen molar-refractivity contribution in [2.45, 2.75) is 32.8 Å². The average molecular weight is 335 g/mol. The number of carbonyl (C=O) groups excluding carboxylic acids is 1. The van der Waals surface area contributed by atoms with Gasteiger partial charge in [0.2, 0.25) is 5.91 Å². The Hall–Kier alpha value is -2.55. The van der Waals surface area contributed by atoms with Crippen molar-refractivity contribution < 1.29 is 9.53 Å². The maximum absolute atomic E-state index is 12.3. The van der Waals surface area contributed by atoms with Gasteiger partial charge in [0, 0.05) is 32.0 Å². The summed E-state index contributed by atoms with van der Waals surface area (Å²) in [5, 5.41) is 0. The summed E-state index contributed by atoms with van der Waals surface area (Å²) < 4.78 is 6.17. The van der Waals surface area contributed by atoms with Crippen LogP contribution in [-0.4, -0.2) is 30.0 Å². The molecule has 0 N–H and O–H groups in total. The van der Waals surface area contributed by atoms with Crippen molar-refractivity contribution >= 4 is 12.0 Å². The van der Waals surface area contributed by atoms with Crippen LogP contribution in [-0.2, 0) is 4.79 Å². The van der Waals surface area contributed by atoms with E-state index in [4.69, 9.17) is 4.74 Å². The Kier molecular flexibility index (Phi) is 5.54. The van der Waals surface area contributed by atoms with Gasteiger partial charge in [-0.1, -0.05) is 42.5 Å². The highest BCUT2D eigenvalue weighted by Gasteiger charge is 2.23. The molecule has 0 atom stereocenters. The maximum Gasteiger partial charge on any atom is 0.246 e. The Morgan fingerprint density at radius 1 is 1.08 bits per heavy atom. The summed E-state index contributed by atoms with van der Waals surface area (Å²) in [7, 11) is 0. The lowest BCUT2D eigenvalue weighted by Crippen LogP contribution is -2.41. The van der Waals surface area contributed by atoms with Crippen molar-refractivity contribution in [3.63, 3.8) is 0 Å². The van der Waals surface area contributed by atoms with Crippen molar-refractivity contribution in [1.82, 2.24) is 4.90 Å². The fraction of sp³-hybridized carbons (Fsp3) is 0.318. The summed E-state index contributed by atoms with van der Waals surface area (Å²) in [6.07, 6.45) is 5.47. The number of benzene rings is 2. The van der Waals surface area contributed by atoms with E-state index >= 15 is 0 Å². The molecule has 1 fully saturated rings. The van der Waals surface area contributed by atoms with Crippen LogP contribution in [0.1, 0.15) is 29.5 Å². The van der Waals surface area contributed by atoms with Crippen LogP contribution in [0.5, 0.6) is 5.75 Å². The Labute approximate surface area is 149 Å². The number of nitrogens with zero attached hydrogens (tertiary/aromatic N) is 1. The Balaban J connectivity index is 1.52. The summed E-state index contributed by atoms with van der Waals surface area (Å²) in [5.74, 6) is 1.04. The molecule has 25 heavy (non-hydrogen) atoms. The van der Waals surface area contributed by atoms with Gasteiger partial charge in [-0.05, 0) is 42.7 Å². The van der Waals surface area contributed by atoms with Crippen LogP contribution >= 0.6 is 0 Å². The molecule has 0 unspecified atom stereocenters. The molecule has 3 rings (SSSR count). The molecule has 0 spiro atoms. The van der Waals surface area contributed by atoms with E-state index in [0.29, 0.717) is 0 Å². The van der Waals surface area contributed by atoms with E-state index < -0.39 is 0 Å². The molecular formula is C22H25NO2. The standard InChI is InChI=1S/C22H25NO2/c1-17-8-9-18(2)21(16-17)25-20-12-14-23(15-13-20)22(24)11-10-19-6-4-3-5-7-19/h3-11,16,20H,12-15H2,1-2H3/b11-10+. The fourth-order valence-electron chi connectivity index (χ4n) is 3.04. The number of likely N-dealkylation sites (tertiary alicyclic amines) is 1. The number of hydrogen-bond donors (Lipinski definition) is 0. The zero-order valence-electron chi connectivity index (χ0n) is 14.9. The number of aryl methyl sites for hydroxylation is 2. The molecule has 0 bridgehead atoms. The van der Waals surface area contributed by atoms with Crippen LogP contribution in [0.3, 0.4) is 0 Å². The van der Waals surface area contributed by atoms with E-state index in [1.54, 1.807) is 6.08 Å². The van der Waals surface area contributed by atoms with E-state index in [9.17, 15) is 4.79 Å². The van der Waals surface area contributed by atoms with Crippen molar-refractivity contribution in [2.75, 3.05) is 13.1 Å². The highest BCUT2D eigenvalue weighted by molar-refractivity contribution is 5.91. The molecule has 3 heteroatoms. The van der Waals surface area contributed by atoms with E-state index in [-0.39, 0.29) is 12.0 Å². The third kappa shape index (κ3) is 4.72. The minimum atomic E-state index is 0.0778. The lowest BCUT2D eigenvalue weighted by Gasteiger charge is -2.32. The van der Waals surface area contributed by atoms with Gasteiger partial charge in [-0.15, -0.1) is 0 Å². The van der Waals surface area contributed by atoms with Gasteiger partial charge in [-0.3, -0.25) is 4.79 Å². The van der Waals surface area contributed by atoms with Crippen LogP contribution in [0.2, 0.25) is 0 Å². The second kappa shape index (κ2) is 8.02.